The molecule has 0 aliphatic heterocycles. The molecule has 0 unspecified atom stereocenters. The molecule has 1 aromatic heterocycles. The number of hydrogen-bond acceptors (Lipinski definition) is 5. The molecule has 168 valence electrons. The van der Waals surface area contributed by atoms with Crippen LogP contribution in [0, 0.1) is 6.92 Å². The number of carbonyl (C=O) groups is 1. The Morgan fingerprint density at radius 1 is 1.00 bits per heavy atom. The lowest BCUT2D eigenvalue weighted by atomic mass is 9.55. The summed E-state index contributed by atoms with van der Waals surface area (Å²) in [6.07, 6.45) is 2.86. The molecule has 1 amide bonds. The molecule has 0 radical (unpaired) electrons. The third-order valence-corrected chi connectivity index (χ3v) is 4.80. The van der Waals surface area contributed by atoms with Crippen molar-refractivity contribution in [3.63, 3.8) is 0 Å². The van der Waals surface area contributed by atoms with Crippen molar-refractivity contribution in [1.29, 1.82) is 0 Å². The fourth-order valence-corrected chi connectivity index (χ4v) is 3.31. The Bertz CT molecular complexity index is 812. The van der Waals surface area contributed by atoms with Crippen LogP contribution in [0.3, 0.4) is 0 Å². The van der Waals surface area contributed by atoms with Gasteiger partial charge in [0, 0.05) is 19.3 Å². The molecule has 0 fully saturated rings. The minimum absolute atomic E-state index is 0.00732. The van der Waals surface area contributed by atoms with Crippen LogP contribution in [0.25, 0.3) is 10.9 Å². The van der Waals surface area contributed by atoms with E-state index in [-0.39, 0.29) is 11.1 Å². The van der Waals surface area contributed by atoms with Gasteiger partial charge in [0.05, 0.1) is 38.6 Å². The van der Waals surface area contributed by atoms with Gasteiger partial charge in [-0.25, -0.2) is 0 Å². The normalized spacial score (nSPS) is 11.5. The lowest BCUT2D eigenvalue weighted by Gasteiger charge is -2.15. The molecule has 0 aliphatic carbocycles. The fourth-order valence-electron chi connectivity index (χ4n) is 3.31. The summed E-state index contributed by atoms with van der Waals surface area (Å²) in [4.78, 5) is 16.2. The number of rotatable bonds is 14. The van der Waals surface area contributed by atoms with E-state index in [1.807, 2.05) is 27.0 Å². The number of ether oxygens (including phenoxy) is 3. The van der Waals surface area contributed by atoms with Gasteiger partial charge in [-0.2, -0.15) is 0 Å². The van der Waals surface area contributed by atoms with E-state index in [0.29, 0.717) is 53.5 Å². The molecule has 0 saturated carbocycles. The van der Waals surface area contributed by atoms with Gasteiger partial charge >= 0.3 is 0 Å². The molecule has 2 aromatic rings. The smallest absolute Gasteiger partial charge is 0.239 e. The van der Waals surface area contributed by atoms with Crippen molar-refractivity contribution < 1.29 is 19.0 Å². The van der Waals surface area contributed by atoms with E-state index in [2.05, 4.69) is 41.5 Å². The van der Waals surface area contributed by atoms with E-state index in [9.17, 15) is 4.79 Å². The van der Waals surface area contributed by atoms with Crippen LogP contribution in [-0.4, -0.2) is 71.5 Å². The van der Waals surface area contributed by atoms with Crippen molar-refractivity contribution in [3.8, 4) is 0 Å². The lowest BCUT2D eigenvalue weighted by Crippen LogP contribution is -2.34. The monoisotopic (exact) mass is 426 g/mol. The molecule has 2 rings (SSSR count). The van der Waals surface area contributed by atoms with E-state index < -0.39 is 0 Å². The van der Waals surface area contributed by atoms with Gasteiger partial charge in [0.1, 0.15) is 0 Å². The summed E-state index contributed by atoms with van der Waals surface area (Å²) < 4.78 is 16.7. The second-order valence-corrected chi connectivity index (χ2v) is 8.97. The Morgan fingerprint density at radius 2 is 1.68 bits per heavy atom. The summed E-state index contributed by atoms with van der Waals surface area (Å²) in [6.45, 7) is 12.2. The van der Waals surface area contributed by atoms with Crippen molar-refractivity contribution in [2.75, 3.05) is 46.2 Å². The molecular weight excluding hydrogens is 390 g/mol. The Morgan fingerprint density at radius 3 is 2.39 bits per heavy atom. The zero-order chi connectivity index (χ0) is 22.5. The van der Waals surface area contributed by atoms with Gasteiger partial charge in [0.2, 0.25) is 7.28 Å². The van der Waals surface area contributed by atoms with Crippen LogP contribution < -0.4 is 10.8 Å². The number of aromatic nitrogens is 1. The van der Waals surface area contributed by atoms with Crippen LogP contribution in [0.1, 0.15) is 26.3 Å². The van der Waals surface area contributed by atoms with E-state index in [1.54, 1.807) is 0 Å². The number of pyridine rings is 1. The fraction of sp³-hybridized carbons (Fsp3) is 0.565. The second-order valence-electron chi connectivity index (χ2n) is 8.97. The van der Waals surface area contributed by atoms with Gasteiger partial charge in [-0.05, 0) is 30.3 Å². The molecule has 8 heteroatoms. The van der Waals surface area contributed by atoms with Crippen molar-refractivity contribution >= 4 is 36.7 Å². The van der Waals surface area contributed by atoms with Crippen molar-refractivity contribution in [3.05, 3.63) is 36.0 Å². The van der Waals surface area contributed by atoms with Crippen molar-refractivity contribution in [1.82, 2.24) is 10.3 Å². The average Bonchev–Trinajstić information content (AvgIpc) is 2.70. The van der Waals surface area contributed by atoms with E-state index >= 15 is 0 Å². The van der Waals surface area contributed by atoms with Gasteiger partial charge in [-0.15, -0.1) is 0 Å². The first kappa shape index (κ1) is 25.4. The Kier molecular flexibility index (Phi) is 11.1. The Labute approximate surface area is 187 Å². The number of carbonyl (C=O) groups excluding carboxylic acids is 1. The van der Waals surface area contributed by atoms with Gasteiger partial charge in [-0.3, -0.25) is 9.78 Å². The van der Waals surface area contributed by atoms with E-state index in [1.165, 1.54) is 16.4 Å². The number of para-hydroxylation sites is 1. The van der Waals surface area contributed by atoms with Gasteiger partial charge < -0.3 is 19.5 Å². The molecular formula is C23H36B2N2O4. The quantitative estimate of drug-likeness (QED) is 0.371. The predicted molar refractivity (Wildman–Crippen MR) is 131 cm³/mol. The third-order valence-electron chi connectivity index (χ3n) is 4.80. The molecule has 6 nitrogen and oxygen atoms in total. The average molecular weight is 426 g/mol. The number of hydrogen-bond donors (Lipinski definition) is 1. The molecule has 0 spiro atoms. The van der Waals surface area contributed by atoms with Crippen LogP contribution >= 0.6 is 0 Å². The molecule has 0 aliphatic rings. The first-order valence-corrected chi connectivity index (χ1v) is 11.2. The minimum atomic E-state index is 0.00732. The van der Waals surface area contributed by atoms with Crippen LogP contribution in [0.15, 0.2) is 30.5 Å². The maximum Gasteiger partial charge on any atom is 0.239 e. The van der Waals surface area contributed by atoms with Crippen LogP contribution in [-0.2, 0) is 14.2 Å². The van der Waals surface area contributed by atoms with Gasteiger partial charge in [0.15, 0.2) is 13.1 Å². The molecule has 1 aromatic carbocycles. The highest BCUT2D eigenvalue weighted by Crippen LogP contribution is 2.19. The summed E-state index contributed by atoms with van der Waals surface area (Å²) in [5.41, 5.74) is 3.62. The van der Waals surface area contributed by atoms with Gasteiger partial charge in [0.25, 0.3) is 0 Å². The zero-order valence-corrected chi connectivity index (χ0v) is 19.5. The summed E-state index contributed by atoms with van der Waals surface area (Å²) >= 11 is 0. The molecule has 31 heavy (non-hydrogen) atoms. The number of nitrogens with one attached hydrogen (secondary N) is 1. The number of fused-ring (bicyclic) bond motifs is 1. The number of amides is 1. The summed E-state index contributed by atoms with van der Waals surface area (Å²) in [7, 11) is 1.50. The van der Waals surface area contributed by atoms with Gasteiger partial charge in [-0.1, -0.05) is 49.7 Å². The largest absolute Gasteiger partial charge is 0.380 e. The zero-order valence-electron chi connectivity index (χ0n) is 19.5. The maximum atomic E-state index is 11.7. The van der Waals surface area contributed by atoms with E-state index in [4.69, 9.17) is 14.2 Å². The Balaban J connectivity index is 1.43. The highest BCUT2D eigenvalue weighted by molar-refractivity contribution is 6.75. The summed E-state index contributed by atoms with van der Waals surface area (Å²) in [5, 5.41) is 4.11. The minimum Gasteiger partial charge on any atom is -0.380 e. The lowest BCUT2D eigenvalue weighted by molar-refractivity contribution is 0.0179. The topological polar surface area (TPSA) is 69.7 Å². The summed E-state index contributed by atoms with van der Waals surface area (Å²) in [6, 6.07) is 8.42. The first-order chi connectivity index (χ1) is 14.9. The Hall–Kier alpha value is -1.89. The SMILES string of the molecule is Cc1cccc2c(BCCOCCOCCOCCNC(=O)BC(C)(C)C)ccnc12. The van der Waals surface area contributed by atoms with Crippen LogP contribution in [0.2, 0.25) is 11.6 Å². The molecule has 0 atom stereocenters. The number of nitrogens with zero attached hydrogens (tertiary/aromatic N) is 1. The molecule has 0 saturated heterocycles. The number of aryl methyl sites for hydroxylation is 1. The third kappa shape index (κ3) is 10.3. The number of benzene rings is 1. The summed E-state index contributed by atoms with van der Waals surface area (Å²) in [5.74, 6) is 0.0664. The first-order valence-electron chi connectivity index (χ1n) is 11.2. The second kappa shape index (κ2) is 13.5. The van der Waals surface area contributed by atoms with Crippen molar-refractivity contribution in [2.45, 2.75) is 39.3 Å². The highest BCUT2D eigenvalue weighted by Gasteiger charge is 2.18. The van der Waals surface area contributed by atoms with Crippen molar-refractivity contribution in [2.24, 2.45) is 0 Å². The molecule has 1 N–H and O–H groups in total. The van der Waals surface area contributed by atoms with E-state index in [0.717, 1.165) is 19.1 Å². The molecule has 0 bridgehead atoms. The molecule has 1 heterocycles. The van der Waals surface area contributed by atoms with Crippen LogP contribution in [0.5, 0.6) is 0 Å². The standard InChI is InChI=1S/C23H36B2N2O4/c1-18-6-5-7-19-20(8-10-26-21(18)19)24-9-12-29-14-16-31-17-15-30-13-11-27-22(28)25-23(2,3)4/h5-8,10,24-25H,9,11-17H2,1-4H3,(H,27,28). The maximum absolute atomic E-state index is 11.7. The highest BCUT2D eigenvalue weighted by atomic mass is 16.5. The predicted octanol–water partition coefficient (Wildman–Crippen LogP) is 2.44. The van der Waals surface area contributed by atoms with Crippen LogP contribution in [0.4, 0.5) is 4.79 Å².